The van der Waals surface area contributed by atoms with E-state index in [1.165, 1.54) is 11.1 Å². The van der Waals surface area contributed by atoms with Gasteiger partial charge in [0, 0.05) is 6.54 Å². The highest BCUT2D eigenvalue weighted by Gasteiger charge is 2.40. The normalized spacial score (nSPS) is 16.6. The molecule has 2 aromatic rings. The first-order valence-electron chi connectivity index (χ1n) is 10.2. The number of amidine groups is 1. The zero-order chi connectivity index (χ0) is 20.0. The molecule has 2 aromatic carbocycles. The zero-order valence-electron chi connectivity index (χ0n) is 16.8. The van der Waals surface area contributed by atoms with E-state index < -0.39 is 5.97 Å². The molecule has 4 heteroatoms. The van der Waals surface area contributed by atoms with Gasteiger partial charge in [-0.25, -0.2) is 0 Å². The predicted octanol–water partition coefficient (Wildman–Crippen LogP) is 4.95. The lowest BCUT2D eigenvalue weighted by atomic mass is 9.83. The average molecular weight is 379 g/mol. The van der Waals surface area contributed by atoms with E-state index in [1.807, 2.05) is 12.1 Å². The predicted molar refractivity (Wildman–Crippen MR) is 114 cm³/mol. The molecule has 1 atom stereocenters. The number of carboxylic acids is 1. The molecule has 0 saturated heterocycles. The van der Waals surface area contributed by atoms with Crippen LogP contribution in [-0.4, -0.2) is 34.9 Å². The van der Waals surface area contributed by atoms with Crippen molar-refractivity contribution in [2.75, 3.05) is 13.1 Å². The monoisotopic (exact) mass is 378 g/mol. The summed E-state index contributed by atoms with van der Waals surface area (Å²) < 4.78 is 0. The molecule has 0 fully saturated rings. The molecule has 0 aliphatic carbocycles. The summed E-state index contributed by atoms with van der Waals surface area (Å²) in [5, 5.41) is 9.00. The molecule has 0 spiro atoms. The van der Waals surface area contributed by atoms with Gasteiger partial charge in [-0.1, -0.05) is 80.4 Å². The number of carbonyl (C=O) groups is 1. The summed E-state index contributed by atoms with van der Waals surface area (Å²) in [5.74, 6) is 0.128. The quantitative estimate of drug-likeness (QED) is 0.629. The second kappa shape index (κ2) is 9.05. The van der Waals surface area contributed by atoms with Crippen LogP contribution in [0.5, 0.6) is 0 Å². The van der Waals surface area contributed by atoms with Crippen molar-refractivity contribution in [1.82, 2.24) is 4.90 Å². The molecule has 148 valence electrons. The summed E-state index contributed by atoms with van der Waals surface area (Å²) in [6.07, 6.45) is 3.81. The Morgan fingerprint density at radius 3 is 2.14 bits per heavy atom. The highest BCUT2D eigenvalue weighted by atomic mass is 16.4. The van der Waals surface area contributed by atoms with E-state index >= 15 is 0 Å². The number of rotatable bonds is 9. The lowest BCUT2D eigenvalue weighted by Crippen LogP contribution is -2.35. The smallest absolute Gasteiger partial charge is 0.306 e. The SMILES string of the molecule is CC1=NC(c2ccccc2)(c2ccccc2)CN1CCCCCC(C)C(=O)O. The minimum Gasteiger partial charge on any atom is -0.481 e. The Hall–Kier alpha value is -2.62. The molecule has 0 bridgehead atoms. The zero-order valence-corrected chi connectivity index (χ0v) is 16.8. The minimum atomic E-state index is -0.696. The van der Waals surface area contributed by atoms with Crippen LogP contribution in [0.25, 0.3) is 0 Å². The number of hydrogen-bond donors (Lipinski definition) is 1. The molecule has 3 rings (SSSR count). The summed E-state index contributed by atoms with van der Waals surface area (Å²) in [4.78, 5) is 18.5. The van der Waals surface area contributed by atoms with Gasteiger partial charge in [0.2, 0.25) is 0 Å². The molecule has 1 N–H and O–H groups in total. The van der Waals surface area contributed by atoms with Gasteiger partial charge in [-0.3, -0.25) is 9.79 Å². The second-order valence-corrected chi connectivity index (χ2v) is 7.76. The molecule has 0 amide bonds. The molecule has 28 heavy (non-hydrogen) atoms. The Morgan fingerprint density at radius 2 is 1.61 bits per heavy atom. The van der Waals surface area contributed by atoms with Crippen molar-refractivity contribution in [3.05, 3.63) is 71.8 Å². The first-order chi connectivity index (χ1) is 13.5. The van der Waals surface area contributed by atoms with E-state index in [2.05, 4.69) is 60.4 Å². The Labute approximate surface area is 167 Å². The Kier molecular flexibility index (Phi) is 6.50. The first-order valence-corrected chi connectivity index (χ1v) is 10.2. The summed E-state index contributed by atoms with van der Waals surface area (Å²) in [5.41, 5.74) is 2.08. The Balaban J connectivity index is 1.68. The third-order valence-corrected chi connectivity index (χ3v) is 5.72. The van der Waals surface area contributed by atoms with Crippen LogP contribution in [-0.2, 0) is 10.3 Å². The van der Waals surface area contributed by atoms with E-state index in [-0.39, 0.29) is 11.5 Å². The van der Waals surface area contributed by atoms with Gasteiger partial charge in [0.25, 0.3) is 0 Å². The van der Waals surface area contributed by atoms with E-state index in [4.69, 9.17) is 10.1 Å². The van der Waals surface area contributed by atoms with Gasteiger partial charge >= 0.3 is 5.97 Å². The van der Waals surface area contributed by atoms with Crippen molar-refractivity contribution < 1.29 is 9.90 Å². The number of unbranched alkanes of at least 4 members (excludes halogenated alkanes) is 2. The number of benzene rings is 2. The molecule has 0 saturated carbocycles. The minimum absolute atomic E-state index is 0.251. The largest absolute Gasteiger partial charge is 0.481 e. The summed E-state index contributed by atoms with van der Waals surface area (Å²) >= 11 is 0. The summed E-state index contributed by atoms with van der Waals surface area (Å²) in [7, 11) is 0. The van der Waals surface area contributed by atoms with E-state index in [0.29, 0.717) is 0 Å². The van der Waals surface area contributed by atoms with Gasteiger partial charge < -0.3 is 10.0 Å². The number of aliphatic carboxylic acids is 1. The molecule has 1 aliphatic heterocycles. The maximum atomic E-state index is 10.9. The van der Waals surface area contributed by atoms with Crippen molar-refractivity contribution in [2.24, 2.45) is 10.9 Å². The molecule has 1 unspecified atom stereocenters. The fourth-order valence-corrected chi connectivity index (χ4v) is 3.97. The topological polar surface area (TPSA) is 52.9 Å². The van der Waals surface area contributed by atoms with Crippen molar-refractivity contribution in [2.45, 2.75) is 45.1 Å². The van der Waals surface area contributed by atoms with Gasteiger partial charge in [-0.15, -0.1) is 0 Å². The van der Waals surface area contributed by atoms with Crippen molar-refractivity contribution in [1.29, 1.82) is 0 Å². The Morgan fingerprint density at radius 1 is 1.04 bits per heavy atom. The lowest BCUT2D eigenvalue weighted by Gasteiger charge is -2.29. The third kappa shape index (κ3) is 4.44. The standard InChI is InChI=1S/C24H30N2O2/c1-19(23(27)28)12-6-5-11-17-26-18-24(25-20(26)2,21-13-7-3-8-14-21)22-15-9-4-10-16-22/h3-4,7-10,13-16,19H,5-6,11-12,17-18H2,1-2H3,(H,27,28). The number of hydrogen-bond acceptors (Lipinski definition) is 3. The highest BCUT2D eigenvalue weighted by Crippen LogP contribution is 2.38. The molecule has 4 nitrogen and oxygen atoms in total. The summed E-state index contributed by atoms with van der Waals surface area (Å²) in [6.45, 7) is 5.68. The molecule has 0 aromatic heterocycles. The van der Waals surface area contributed by atoms with Gasteiger partial charge in [0.05, 0.1) is 18.3 Å². The molecule has 1 aliphatic rings. The van der Waals surface area contributed by atoms with E-state index in [9.17, 15) is 4.79 Å². The maximum absolute atomic E-state index is 10.9. The van der Waals surface area contributed by atoms with Gasteiger partial charge in [0.15, 0.2) is 0 Å². The fraction of sp³-hybridized carbons (Fsp3) is 0.417. The van der Waals surface area contributed by atoms with Gasteiger partial charge in [-0.2, -0.15) is 0 Å². The van der Waals surface area contributed by atoms with E-state index in [0.717, 1.165) is 44.6 Å². The number of nitrogens with zero attached hydrogens (tertiary/aromatic N) is 2. The number of carboxylic acid groups (broad SMARTS) is 1. The highest BCUT2D eigenvalue weighted by molar-refractivity contribution is 5.83. The van der Waals surface area contributed by atoms with E-state index in [1.54, 1.807) is 6.92 Å². The van der Waals surface area contributed by atoms with Crippen LogP contribution < -0.4 is 0 Å². The number of aliphatic imine (C=N–C) groups is 1. The van der Waals surface area contributed by atoms with Crippen LogP contribution in [0, 0.1) is 5.92 Å². The van der Waals surface area contributed by atoms with Crippen LogP contribution >= 0.6 is 0 Å². The van der Waals surface area contributed by atoms with Crippen molar-refractivity contribution in [3.8, 4) is 0 Å². The molecular weight excluding hydrogens is 348 g/mol. The van der Waals surface area contributed by atoms with Crippen LogP contribution in [0.3, 0.4) is 0 Å². The van der Waals surface area contributed by atoms with Crippen LogP contribution in [0.2, 0.25) is 0 Å². The van der Waals surface area contributed by atoms with Crippen LogP contribution in [0.15, 0.2) is 65.7 Å². The third-order valence-electron chi connectivity index (χ3n) is 5.72. The van der Waals surface area contributed by atoms with Crippen LogP contribution in [0.4, 0.5) is 0 Å². The van der Waals surface area contributed by atoms with Gasteiger partial charge in [0.1, 0.15) is 5.54 Å². The average Bonchev–Trinajstić information content (AvgIpc) is 3.06. The van der Waals surface area contributed by atoms with Gasteiger partial charge in [-0.05, 0) is 30.9 Å². The van der Waals surface area contributed by atoms with Crippen LogP contribution in [0.1, 0.15) is 50.7 Å². The fourth-order valence-electron chi connectivity index (χ4n) is 3.97. The maximum Gasteiger partial charge on any atom is 0.306 e. The molecule has 1 heterocycles. The lowest BCUT2D eigenvalue weighted by molar-refractivity contribution is -0.141. The molecule has 0 radical (unpaired) electrons. The molecular formula is C24H30N2O2. The van der Waals surface area contributed by atoms with Crippen molar-refractivity contribution >= 4 is 11.8 Å². The Bertz CT molecular complexity index is 762. The first kappa shape index (κ1) is 20.1. The second-order valence-electron chi connectivity index (χ2n) is 7.76. The summed E-state index contributed by atoms with van der Waals surface area (Å²) in [6, 6.07) is 21.1. The van der Waals surface area contributed by atoms with Crippen molar-refractivity contribution in [3.63, 3.8) is 0 Å².